The van der Waals surface area contributed by atoms with Gasteiger partial charge in [0.1, 0.15) is 0 Å². The Kier molecular flexibility index (Phi) is 7.23. The largest absolute Gasteiger partial charge is 0.393 e. The summed E-state index contributed by atoms with van der Waals surface area (Å²) in [6, 6.07) is 0. The fraction of sp³-hybridized carbons (Fsp3) is 0.960. The second-order valence-electron chi connectivity index (χ2n) is 12.1. The molecule has 4 aliphatic rings. The molecule has 7 nitrogen and oxygen atoms in total. The summed E-state index contributed by atoms with van der Waals surface area (Å²) in [5.74, 6) is 1.80. The Balaban J connectivity index is 1.34. The van der Waals surface area contributed by atoms with Crippen LogP contribution >= 0.6 is 0 Å². The van der Waals surface area contributed by atoms with Gasteiger partial charge in [0, 0.05) is 13.0 Å². The van der Waals surface area contributed by atoms with Crippen molar-refractivity contribution < 1.29 is 28.0 Å². The Morgan fingerprint density at radius 1 is 1.00 bits per heavy atom. The molecule has 4 saturated carbocycles. The molecule has 0 heterocycles. The van der Waals surface area contributed by atoms with E-state index in [0.717, 1.165) is 57.8 Å². The number of carbonyl (C=O) groups is 1. The lowest BCUT2D eigenvalue weighted by molar-refractivity contribution is -0.172. The first kappa shape index (κ1) is 25.4. The summed E-state index contributed by atoms with van der Waals surface area (Å²) in [6.45, 7) is 4.80. The van der Waals surface area contributed by atoms with Gasteiger partial charge in [-0.15, -0.1) is 0 Å². The predicted molar refractivity (Wildman–Crippen MR) is 126 cm³/mol. The van der Waals surface area contributed by atoms with Crippen LogP contribution in [0.4, 0.5) is 0 Å². The van der Waals surface area contributed by atoms with Gasteiger partial charge in [-0.3, -0.25) is 9.35 Å². The van der Waals surface area contributed by atoms with Gasteiger partial charge in [0.15, 0.2) is 0 Å². The Hall–Kier alpha value is -0.700. The average molecular weight is 486 g/mol. The van der Waals surface area contributed by atoms with Crippen LogP contribution in [-0.4, -0.2) is 53.6 Å². The van der Waals surface area contributed by atoms with Crippen LogP contribution in [0.3, 0.4) is 0 Å². The molecule has 4 aliphatic carbocycles. The van der Waals surface area contributed by atoms with Crippen LogP contribution in [0.25, 0.3) is 0 Å². The van der Waals surface area contributed by atoms with E-state index in [1.807, 2.05) is 0 Å². The lowest BCUT2D eigenvalue weighted by atomic mass is 9.44. The van der Waals surface area contributed by atoms with Crippen molar-refractivity contribution in [1.29, 1.82) is 0 Å². The zero-order chi connectivity index (χ0) is 24.0. The Morgan fingerprint density at radius 2 is 1.70 bits per heavy atom. The molecule has 4 N–H and O–H groups in total. The van der Waals surface area contributed by atoms with Crippen molar-refractivity contribution >= 4 is 16.0 Å². The van der Waals surface area contributed by atoms with E-state index in [0.29, 0.717) is 36.0 Å². The first-order chi connectivity index (χ1) is 15.4. The van der Waals surface area contributed by atoms with E-state index < -0.39 is 15.9 Å². The molecule has 0 radical (unpaired) electrons. The smallest absolute Gasteiger partial charge is 0.266 e. The number of hydrogen-bond acceptors (Lipinski definition) is 5. The highest BCUT2D eigenvalue weighted by Crippen LogP contribution is 2.67. The molecule has 0 aromatic heterocycles. The minimum absolute atomic E-state index is 0.0569. The first-order valence-electron chi connectivity index (χ1n) is 13.0. The molecule has 0 saturated heterocycles. The molecule has 0 aromatic rings. The minimum Gasteiger partial charge on any atom is -0.393 e. The predicted octanol–water partition coefficient (Wildman–Crippen LogP) is 3.15. The first-order valence-corrected chi connectivity index (χ1v) is 14.6. The maximum absolute atomic E-state index is 12.1. The quantitative estimate of drug-likeness (QED) is 0.411. The van der Waals surface area contributed by atoms with E-state index in [1.165, 1.54) is 6.42 Å². The number of rotatable bonds is 7. The zero-order valence-corrected chi connectivity index (χ0v) is 21.0. The third kappa shape index (κ3) is 5.00. The molecule has 0 aliphatic heterocycles. The maximum Gasteiger partial charge on any atom is 0.266 e. The van der Waals surface area contributed by atoms with Gasteiger partial charge in [-0.25, -0.2) is 0 Å². The van der Waals surface area contributed by atoms with Crippen LogP contribution in [0.5, 0.6) is 0 Å². The molecule has 8 unspecified atom stereocenters. The van der Waals surface area contributed by atoms with Gasteiger partial charge >= 0.3 is 0 Å². The monoisotopic (exact) mass is 485 g/mol. The second-order valence-corrected chi connectivity index (χ2v) is 13.6. The summed E-state index contributed by atoms with van der Waals surface area (Å²) in [7, 11) is -4.05. The average Bonchev–Trinajstić information content (AvgIpc) is 3.05. The van der Waals surface area contributed by atoms with Crippen LogP contribution in [0.2, 0.25) is 0 Å². The Morgan fingerprint density at radius 3 is 2.42 bits per heavy atom. The Bertz CT molecular complexity index is 833. The summed E-state index contributed by atoms with van der Waals surface area (Å²) in [5, 5.41) is 24.1. The molecule has 0 spiro atoms. The van der Waals surface area contributed by atoms with Gasteiger partial charge in [0.05, 0.1) is 18.0 Å². The number of hydrogen-bond donors (Lipinski definition) is 4. The van der Waals surface area contributed by atoms with Crippen LogP contribution < -0.4 is 5.32 Å². The van der Waals surface area contributed by atoms with E-state index in [-0.39, 0.29) is 35.5 Å². The summed E-state index contributed by atoms with van der Waals surface area (Å²) in [4.78, 5) is 12.1. The zero-order valence-electron chi connectivity index (χ0n) is 20.2. The third-order valence-electron chi connectivity index (χ3n) is 10.5. The van der Waals surface area contributed by atoms with Crippen molar-refractivity contribution in [1.82, 2.24) is 5.32 Å². The molecule has 190 valence electrons. The fourth-order valence-corrected chi connectivity index (χ4v) is 9.06. The summed E-state index contributed by atoms with van der Waals surface area (Å²) < 4.78 is 30.3. The highest BCUT2D eigenvalue weighted by atomic mass is 32.2. The van der Waals surface area contributed by atoms with Crippen LogP contribution in [0.15, 0.2) is 0 Å². The Labute approximate surface area is 198 Å². The fourth-order valence-electron chi connectivity index (χ4n) is 8.70. The molecule has 33 heavy (non-hydrogen) atoms. The van der Waals surface area contributed by atoms with Crippen LogP contribution in [0, 0.1) is 40.4 Å². The molecular formula is C25H43NO6S. The molecule has 4 fully saturated rings. The molecule has 0 bridgehead atoms. The molecule has 1 amide bonds. The lowest BCUT2D eigenvalue weighted by Crippen LogP contribution is -2.58. The van der Waals surface area contributed by atoms with Gasteiger partial charge < -0.3 is 15.5 Å². The second kappa shape index (κ2) is 9.40. The topological polar surface area (TPSA) is 124 Å². The molecule has 0 aromatic carbocycles. The number of aliphatic hydroxyl groups excluding tert-OH is 2. The molecule has 9 atom stereocenters. The van der Waals surface area contributed by atoms with E-state index in [1.54, 1.807) is 0 Å². The van der Waals surface area contributed by atoms with Gasteiger partial charge in [0.25, 0.3) is 10.1 Å². The van der Waals surface area contributed by atoms with Crippen molar-refractivity contribution in [2.45, 2.75) is 96.7 Å². The van der Waals surface area contributed by atoms with E-state index in [2.05, 4.69) is 19.2 Å². The van der Waals surface area contributed by atoms with Gasteiger partial charge in [0.2, 0.25) is 5.91 Å². The third-order valence-corrected chi connectivity index (χ3v) is 11.2. The van der Waals surface area contributed by atoms with Gasteiger partial charge in [-0.1, -0.05) is 13.8 Å². The normalized spacial score (nSPS) is 45.1. The summed E-state index contributed by atoms with van der Waals surface area (Å²) in [5.41, 5.74) is 0.448. The number of amides is 1. The van der Waals surface area contributed by atoms with E-state index >= 15 is 0 Å². The molecule has 8 heteroatoms. The number of nitrogens with one attached hydrogen (secondary N) is 1. The highest BCUT2D eigenvalue weighted by molar-refractivity contribution is 7.85. The summed E-state index contributed by atoms with van der Waals surface area (Å²) >= 11 is 0. The number of aliphatic hydroxyl groups is 2. The minimum atomic E-state index is -4.05. The molecule has 4 rings (SSSR count). The van der Waals surface area contributed by atoms with E-state index in [4.69, 9.17) is 4.55 Å². The lowest BCUT2D eigenvalue weighted by Gasteiger charge is -2.62. The van der Waals surface area contributed by atoms with Crippen molar-refractivity contribution in [3.05, 3.63) is 0 Å². The van der Waals surface area contributed by atoms with Crippen molar-refractivity contribution in [2.24, 2.45) is 40.4 Å². The maximum atomic E-state index is 12.1. The van der Waals surface area contributed by atoms with Crippen LogP contribution in [0.1, 0.15) is 84.5 Å². The number of carbonyl (C=O) groups excluding carboxylic acids is 1. The number of fused-ring (bicyclic) bond motifs is 5. The standard InChI is InChI=1S/C25H43NO6S/c1-24-11-9-20-23(21(28)15-17-14-18(27)8-10-25(17,20)2)19(24)7-6-16(24)4-3-5-22(29)26-12-13-33(30,31)32/h16-21,23,27-28H,3-15H2,1-2H3,(H,26,29)(H,30,31,32)/t16?,17?,18-,19?,20?,21?,23?,24?,25?/m1/s1. The van der Waals surface area contributed by atoms with Gasteiger partial charge in [-0.2, -0.15) is 8.42 Å². The van der Waals surface area contributed by atoms with Crippen molar-refractivity contribution in [3.8, 4) is 0 Å². The summed E-state index contributed by atoms with van der Waals surface area (Å²) in [6.07, 6.45) is 9.95. The molecular weight excluding hydrogens is 442 g/mol. The van der Waals surface area contributed by atoms with Crippen LogP contribution in [-0.2, 0) is 14.9 Å². The SMILES string of the molecule is CC12CCC3C(C(O)CC4C[C@H](O)CCC43C)C1CCC2CCCC(=O)NCCS(=O)(=O)O. The van der Waals surface area contributed by atoms with E-state index in [9.17, 15) is 23.4 Å². The van der Waals surface area contributed by atoms with Crippen molar-refractivity contribution in [3.63, 3.8) is 0 Å². The van der Waals surface area contributed by atoms with Gasteiger partial charge in [-0.05, 0) is 105 Å². The highest BCUT2D eigenvalue weighted by Gasteiger charge is 2.62. The van der Waals surface area contributed by atoms with Crippen molar-refractivity contribution in [2.75, 3.05) is 12.3 Å².